The van der Waals surface area contributed by atoms with Gasteiger partial charge in [0.15, 0.2) is 0 Å². The van der Waals surface area contributed by atoms with Crippen molar-refractivity contribution in [1.29, 1.82) is 0 Å². The van der Waals surface area contributed by atoms with Crippen molar-refractivity contribution in [3.8, 4) is 22.4 Å². The number of benzene rings is 5. The van der Waals surface area contributed by atoms with Crippen LogP contribution < -0.4 is 0 Å². The van der Waals surface area contributed by atoms with Crippen molar-refractivity contribution in [1.82, 2.24) is 4.98 Å². The average Bonchev–Trinajstić information content (AvgIpc) is 2.85. The van der Waals surface area contributed by atoms with E-state index in [0.29, 0.717) is 0 Å². The topological polar surface area (TPSA) is 12.9 Å². The van der Waals surface area contributed by atoms with Gasteiger partial charge in [-0.05, 0) is 71.5 Å². The number of halogens is 1. The Labute approximate surface area is 189 Å². The number of hydrogen-bond donors (Lipinski definition) is 0. The van der Waals surface area contributed by atoms with Gasteiger partial charge in [-0.15, -0.1) is 0 Å². The molecule has 1 heterocycles. The van der Waals surface area contributed by atoms with E-state index in [0.717, 1.165) is 21.3 Å². The summed E-state index contributed by atoms with van der Waals surface area (Å²) in [7, 11) is 0. The molecule has 0 radical (unpaired) electrons. The summed E-state index contributed by atoms with van der Waals surface area (Å²) >= 11 is 3.68. The number of aromatic nitrogens is 1. The predicted molar refractivity (Wildman–Crippen MR) is 135 cm³/mol. The van der Waals surface area contributed by atoms with Gasteiger partial charge in [-0.2, -0.15) is 0 Å². The van der Waals surface area contributed by atoms with Crippen LogP contribution in [0.4, 0.5) is 0 Å². The van der Waals surface area contributed by atoms with Crippen LogP contribution in [0.1, 0.15) is 0 Å². The second kappa shape index (κ2) is 7.33. The number of hydrogen-bond acceptors (Lipinski definition) is 1. The molecule has 0 saturated heterocycles. The van der Waals surface area contributed by atoms with E-state index in [9.17, 15) is 0 Å². The third-order valence-corrected chi connectivity index (χ3v) is 6.61. The monoisotopic (exact) mass is 459 g/mol. The molecular weight excluding hydrogens is 442 g/mol. The van der Waals surface area contributed by atoms with Crippen LogP contribution in [0.25, 0.3) is 54.7 Å². The molecule has 0 saturated carbocycles. The van der Waals surface area contributed by atoms with Gasteiger partial charge in [0.1, 0.15) is 0 Å². The van der Waals surface area contributed by atoms with Crippen molar-refractivity contribution in [2.24, 2.45) is 0 Å². The Kier molecular flexibility index (Phi) is 4.33. The van der Waals surface area contributed by atoms with Gasteiger partial charge in [0, 0.05) is 16.2 Å². The van der Waals surface area contributed by atoms with Crippen molar-refractivity contribution in [3.63, 3.8) is 0 Å². The maximum Gasteiger partial charge on any atom is 0.0709 e. The minimum Gasteiger partial charge on any atom is -0.255 e. The smallest absolute Gasteiger partial charge is 0.0709 e. The highest BCUT2D eigenvalue weighted by atomic mass is 79.9. The highest BCUT2D eigenvalue weighted by Crippen LogP contribution is 2.37. The quantitative estimate of drug-likeness (QED) is 0.236. The lowest BCUT2D eigenvalue weighted by atomic mass is 9.92. The molecule has 0 bridgehead atoms. The van der Waals surface area contributed by atoms with Crippen LogP contribution in [-0.2, 0) is 0 Å². The van der Waals surface area contributed by atoms with Crippen molar-refractivity contribution >= 4 is 48.2 Å². The first kappa shape index (κ1) is 18.3. The Morgan fingerprint density at radius 1 is 0.484 bits per heavy atom. The minimum absolute atomic E-state index is 0.973. The molecule has 0 unspecified atom stereocenters. The van der Waals surface area contributed by atoms with Crippen LogP contribution in [-0.4, -0.2) is 4.98 Å². The summed E-state index contributed by atoms with van der Waals surface area (Å²) in [5, 5.41) is 7.69. The van der Waals surface area contributed by atoms with Crippen LogP contribution >= 0.6 is 15.9 Å². The van der Waals surface area contributed by atoms with Crippen molar-refractivity contribution < 1.29 is 0 Å². The second-order valence-electron chi connectivity index (χ2n) is 7.77. The van der Waals surface area contributed by atoms with Gasteiger partial charge in [-0.25, -0.2) is 0 Å². The largest absolute Gasteiger partial charge is 0.255 e. The predicted octanol–water partition coefficient (Wildman–Crippen LogP) is 8.64. The minimum atomic E-state index is 0.973. The van der Waals surface area contributed by atoms with Crippen LogP contribution in [0, 0.1) is 0 Å². The fourth-order valence-electron chi connectivity index (χ4n) is 4.50. The lowest BCUT2D eigenvalue weighted by Crippen LogP contribution is -1.89. The molecule has 5 aromatic carbocycles. The maximum atomic E-state index is 4.74. The summed E-state index contributed by atoms with van der Waals surface area (Å²) in [6.45, 7) is 0. The summed E-state index contributed by atoms with van der Waals surface area (Å²) in [6, 6.07) is 36.7. The van der Waals surface area contributed by atoms with E-state index in [1.807, 2.05) is 12.3 Å². The molecule has 0 aliphatic heterocycles. The van der Waals surface area contributed by atoms with Crippen molar-refractivity contribution in [3.05, 3.63) is 114 Å². The molecule has 0 aliphatic carbocycles. The Bertz CT molecular complexity index is 1550. The molecule has 0 aliphatic rings. The van der Waals surface area contributed by atoms with E-state index in [4.69, 9.17) is 4.98 Å². The standard InChI is InChI=1S/C29H18BrN/c30-28-18-31-29(17-26(28)19-8-2-1-3-9-19)20-14-15-25-23-12-5-4-10-21(23)22-11-6-7-13-24(22)27(25)16-20/h1-18H. The molecule has 31 heavy (non-hydrogen) atoms. The summed E-state index contributed by atoms with van der Waals surface area (Å²) in [4.78, 5) is 4.74. The SMILES string of the molecule is Brc1cnc(-c2ccc3c4ccccc4c4ccccc4c3c2)cc1-c1ccccc1. The molecule has 6 rings (SSSR count). The lowest BCUT2D eigenvalue weighted by molar-refractivity contribution is 1.31. The fraction of sp³-hybridized carbons (Fsp3) is 0. The molecule has 0 atom stereocenters. The Morgan fingerprint density at radius 3 is 1.68 bits per heavy atom. The number of nitrogens with zero attached hydrogens (tertiary/aromatic N) is 1. The maximum absolute atomic E-state index is 4.74. The van der Waals surface area contributed by atoms with Gasteiger partial charge < -0.3 is 0 Å². The van der Waals surface area contributed by atoms with E-state index in [2.05, 4.69) is 113 Å². The second-order valence-corrected chi connectivity index (χ2v) is 8.62. The van der Waals surface area contributed by atoms with E-state index >= 15 is 0 Å². The number of rotatable bonds is 2. The number of pyridine rings is 1. The zero-order chi connectivity index (χ0) is 20.8. The molecule has 146 valence electrons. The highest BCUT2D eigenvalue weighted by Gasteiger charge is 2.11. The number of fused-ring (bicyclic) bond motifs is 6. The first-order valence-corrected chi connectivity index (χ1v) is 11.1. The summed E-state index contributed by atoms with van der Waals surface area (Å²) < 4.78 is 1.000. The molecule has 0 N–H and O–H groups in total. The molecule has 6 aromatic rings. The van der Waals surface area contributed by atoms with Crippen molar-refractivity contribution in [2.75, 3.05) is 0 Å². The average molecular weight is 460 g/mol. The Balaban J connectivity index is 1.62. The Hall–Kier alpha value is -3.49. The summed E-state index contributed by atoms with van der Waals surface area (Å²) in [5.74, 6) is 0. The first-order chi connectivity index (χ1) is 15.3. The van der Waals surface area contributed by atoms with E-state index in [-0.39, 0.29) is 0 Å². The Morgan fingerprint density at radius 2 is 1.03 bits per heavy atom. The van der Waals surface area contributed by atoms with Gasteiger partial charge >= 0.3 is 0 Å². The van der Waals surface area contributed by atoms with Gasteiger partial charge in [0.05, 0.1) is 5.69 Å². The van der Waals surface area contributed by atoms with Gasteiger partial charge in [0.25, 0.3) is 0 Å². The molecule has 1 aromatic heterocycles. The molecule has 0 spiro atoms. The van der Waals surface area contributed by atoms with Crippen LogP contribution in [0.3, 0.4) is 0 Å². The normalized spacial score (nSPS) is 11.4. The highest BCUT2D eigenvalue weighted by molar-refractivity contribution is 9.10. The van der Waals surface area contributed by atoms with Crippen LogP contribution in [0.2, 0.25) is 0 Å². The third kappa shape index (κ3) is 3.03. The lowest BCUT2D eigenvalue weighted by Gasteiger charge is -2.12. The van der Waals surface area contributed by atoms with E-state index in [1.165, 1.54) is 37.9 Å². The van der Waals surface area contributed by atoms with Gasteiger partial charge in [-0.3, -0.25) is 4.98 Å². The molecule has 0 fully saturated rings. The molecular formula is C29H18BrN. The molecule has 2 heteroatoms. The van der Waals surface area contributed by atoms with E-state index < -0.39 is 0 Å². The van der Waals surface area contributed by atoms with Crippen LogP contribution in [0.15, 0.2) is 114 Å². The molecule has 1 nitrogen and oxygen atoms in total. The zero-order valence-electron chi connectivity index (χ0n) is 16.7. The third-order valence-electron chi connectivity index (χ3n) is 5.98. The fourth-order valence-corrected chi connectivity index (χ4v) is 4.95. The van der Waals surface area contributed by atoms with Gasteiger partial charge in [0.2, 0.25) is 0 Å². The summed E-state index contributed by atoms with van der Waals surface area (Å²) in [6.07, 6.45) is 1.90. The van der Waals surface area contributed by atoms with Crippen LogP contribution in [0.5, 0.6) is 0 Å². The first-order valence-electron chi connectivity index (χ1n) is 10.3. The molecule has 0 amide bonds. The van der Waals surface area contributed by atoms with Gasteiger partial charge in [-0.1, -0.05) is 91.0 Å². The van der Waals surface area contributed by atoms with Crippen molar-refractivity contribution in [2.45, 2.75) is 0 Å². The van der Waals surface area contributed by atoms with E-state index in [1.54, 1.807) is 0 Å². The zero-order valence-corrected chi connectivity index (χ0v) is 18.3. The summed E-state index contributed by atoms with van der Waals surface area (Å²) in [5.41, 5.74) is 4.42.